The van der Waals surface area contributed by atoms with Gasteiger partial charge >= 0.3 is 0 Å². The molecule has 0 aliphatic carbocycles. The minimum absolute atomic E-state index is 0.169. The molecular formula is C13H20BrN5O. The molecule has 1 fully saturated rings. The van der Waals surface area contributed by atoms with Gasteiger partial charge in [-0.25, -0.2) is 10.8 Å². The van der Waals surface area contributed by atoms with Crippen molar-refractivity contribution in [1.29, 1.82) is 0 Å². The van der Waals surface area contributed by atoms with E-state index in [1.54, 1.807) is 12.3 Å². The summed E-state index contributed by atoms with van der Waals surface area (Å²) in [6.45, 7) is 4.98. The smallest absolute Gasteiger partial charge is 0.255 e. The molecule has 1 unspecified atom stereocenters. The van der Waals surface area contributed by atoms with Gasteiger partial charge in [0.1, 0.15) is 0 Å². The van der Waals surface area contributed by atoms with Crippen LogP contribution in [-0.4, -0.2) is 41.5 Å². The predicted molar refractivity (Wildman–Crippen MR) is 82.3 cm³/mol. The van der Waals surface area contributed by atoms with Gasteiger partial charge in [-0.2, -0.15) is 0 Å². The number of anilines is 1. The molecule has 0 saturated carbocycles. The van der Waals surface area contributed by atoms with Crippen molar-refractivity contribution in [1.82, 2.24) is 15.2 Å². The zero-order valence-corrected chi connectivity index (χ0v) is 13.1. The van der Waals surface area contributed by atoms with Crippen LogP contribution in [-0.2, 0) is 0 Å². The van der Waals surface area contributed by atoms with E-state index in [1.165, 1.54) is 12.8 Å². The Labute approximate surface area is 127 Å². The average molecular weight is 342 g/mol. The van der Waals surface area contributed by atoms with E-state index in [-0.39, 0.29) is 5.91 Å². The number of amides is 1. The van der Waals surface area contributed by atoms with Gasteiger partial charge in [0.15, 0.2) is 5.82 Å². The second-order valence-corrected chi connectivity index (χ2v) is 5.91. The molecule has 0 radical (unpaired) electrons. The first-order valence-corrected chi connectivity index (χ1v) is 7.55. The van der Waals surface area contributed by atoms with Crippen LogP contribution in [0.3, 0.4) is 0 Å². The molecule has 4 N–H and O–H groups in total. The lowest BCUT2D eigenvalue weighted by Crippen LogP contribution is -2.40. The van der Waals surface area contributed by atoms with Gasteiger partial charge in [-0.05, 0) is 54.9 Å². The number of nitrogens with two attached hydrogens (primary N) is 1. The lowest BCUT2D eigenvalue weighted by atomic mass is 10.2. The fourth-order valence-corrected chi connectivity index (χ4v) is 2.71. The van der Waals surface area contributed by atoms with Crippen LogP contribution < -0.4 is 16.6 Å². The third kappa shape index (κ3) is 3.68. The number of nitrogens with one attached hydrogen (secondary N) is 2. The minimum atomic E-state index is -0.169. The molecule has 0 aromatic carbocycles. The van der Waals surface area contributed by atoms with Gasteiger partial charge in [-0.3, -0.25) is 9.69 Å². The summed E-state index contributed by atoms with van der Waals surface area (Å²) in [5.41, 5.74) is 2.88. The Morgan fingerprint density at radius 2 is 2.25 bits per heavy atom. The van der Waals surface area contributed by atoms with Crippen molar-refractivity contribution in [2.75, 3.05) is 25.1 Å². The number of hydrogen-bond donors (Lipinski definition) is 3. The zero-order chi connectivity index (χ0) is 14.5. The molecule has 2 heterocycles. The van der Waals surface area contributed by atoms with E-state index in [4.69, 9.17) is 5.84 Å². The highest BCUT2D eigenvalue weighted by atomic mass is 79.9. The zero-order valence-electron chi connectivity index (χ0n) is 11.5. The highest BCUT2D eigenvalue weighted by molar-refractivity contribution is 9.10. The molecule has 0 bridgehead atoms. The van der Waals surface area contributed by atoms with E-state index in [9.17, 15) is 4.79 Å². The van der Waals surface area contributed by atoms with Gasteiger partial charge in [-0.1, -0.05) is 0 Å². The van der Waals surface area contributed by atoms with Crippen LogP contribution in [0.15, 0.2) is 16.7 Å². The quantitative estimate of drug-likeness (QED) is 0.556. The number of carbonyl (C=O) groups excluding carboxylic acids is 1. The normalized spacial score (nSPS) is 16.9. The highest BCUT2D eigenvalue weighted by Crippen LogP contribution is 2.17. The number of nitrogen functional groups attached to an aromatic ring is 1. The molecule has 2 rings (SSSR count). The monoisotopic (exact) mass is 341 g/mol. The molecule has 20 heavy (non-hydrogen) atoms. The number of likely N-dealkylation sites (tertiary alicyclic amines) is 1. The summed E-state index contributed by atoms with van der Waals surface area (Å²) in [5.74, 6) is 5.58. The number of halogens is 1. The van der Waals surface area contributed by atoms with Crippen molar-refractivity contribution in [2.45, 2.75) is 25.8 Å². The number of pyridine rings is 1. The number of rotatable bonds is 5. The van der Waals surface area contributed by atoms with Crippen molar-refractivity contribution >= 4 is 27.7 Å². The molecule has 6 nitrogen and oxygen atoms in total. The number of hydrazine groups is 1. The molecule has 7 heteroatoms. The highest BCUT2D eigenvalue weighted by Gasteiger charge is 2.19. The van der Waals surface area contributed by atoms with E-state index in [0.717, 1.165) is 17.6 Å². The number of carbonyl (C=O) groups is 1. The van der Waals surface area contributed by atoms with Crippen LogP contribution in [0, 0.1) is 0 Å². The van der Waals surface area contributed by atoms with Crippen molar-refractivity contribution in [3.8, 4) is 0 Å². The molecule has 1 aromatic heterocycles. The topological polar surface area (TPSA) is 83.3 Å². The van der Waals surface area contributed by atoms with Gasteiger partial charge in [-0.15, -0.1) is 0 Å². The molecular weight excluding hydrogens is 322 g/mol. The second-order valence-electron chi connectivity index (χ2n) is 5.00. The molecule has 1 aliphatic rings. The average Bonchev–Trinajstić information content (AvgIpc) is 2.98. The summed E-state index contributed by atoms with van der Waals surface area (Å²) in [6, 6.07) is 2.05. The first kappa shape index (κ1) is 15.2. The predicted octanol–water partition coefficient (Wildman–Crippen LogP) is 1.34. The van der Waals surface area contributed by atoms with Crippen molar-refractivity contribution < 1.29 is 4.79 Å². The van der Waals surface area contributed by atoms with Crippen LogP contribution >= 0.6 is 15.9 Å². The lowest BCUT2D eigenvalue weighted by molar-refractivity contribution is 0.0941. The minimum Gasteiger partial charge on any atom is -0.350 e. The van der Waals surface area contributed by atoms with Crippen molar-refractivity contribution in [3.05, 3.63) is 22.3 Å². The molecule has 1 amide bonds. The van der Waals surface area contributed by atoms with Gasteiger partial charge in [0.2, 0.25) is 0 Å². The summed E-state index contributed by atoms with van der Waals surface area (Å²) in [7, 11) is 0. The summed E-state index contributed by atoms with van der Waals surface area (Å²) >= 11 is 3.31. The van der Waals surface area contributed by atoms with E-state index in [2.05, 4.69) is 43.5 Å². The van der Waals surface area contributed by atoms with Crippen LogP contribution in [0.1, 0.15) is 30.1 Å². The van der Waals surface area contributed by atoms with Gasteiger partial charge in [0.25, 0.3) is 5.91 Å². The first-order chi connectivity index (χ1) is 9.61. The fraction of sp³-hybridized carbons (Fsp3) is 0.538. The molecule has 1 aromatic rings. The van der Waals surface area contributed by atoms with Crippen molar-refractivity contribution in [3.63, 3.8) is 0 Å². The Kier molecular flexibility index (Phi) is 5.33. The molecule has 110 valence electrons. The third-order valence-electron chi connectivity index (χ3n) is 3.56. The standard InChI is InChI=1S/C13H20BrN5O/c1-9(19-4-2-3-5-19)7-17-13(20)11-6-10(14)8-16-12(11)18-15/h6,8-9H,2-5,7,15H2,1H3,(H,16,18)(H,17,20). The Hall–Kier alpha value is -1.18. The van der Waals surface area contributed by atoms with Crippen molar-refractivity contribution in [2.24, 2.45) is 5.84 Å². The Balaban J connectivity index is 1.95. The maximum absolute atomic E-state index is 12.2. The van der Waals surface area contributed by atoms with E-state index in [1.807, 2.05) is 0 Å². The largest absolute Gasteiger partial charge is 0.350 e. The van der Waals surface area contributed by atoms with Gasteiger partial charge in [0, 0.05) is 23.3 Å². The summed E-state index contributed by atoms with van der Waals surface area (Å²) < 4.78 is 0.745. The number of nitrogens with zero attached hydrogens (tertiary/aromatic N) is 2. The van der Waals surface area contributed by atoms with E-state index >= 15 is 0 Å². The summed E-state index contributed by atoms with van der Waals surface area (Å²) in [5, 5.41) is 2.94. The summed E-state index contributed by atoms with van der Waals surface area (Å²) in [6.07, 6.45) is 4.09. The van der Waals surface area contributed by atoms with Gasteiger partial charge in [0.05, 0.1) is 5.56 Å². The summed E-state index contributed by atoms with van der Waals surface area (Å²) in [4.78, 5) is 18.7. The Morgan fingerprint density at radius 3 is 2.90 bits per heavy atom. The maximum Gasteiger partial charge on any atom is 0.255 e. The SMILES string of the molecule is CC(CNC(=O)c1cc(Br)cnc1NN)N1CCCC1. The van der Waals surface area contributed by atoms with Crippen LogP contribution in [0.2, 0.25) is 0 Å². The van der Waals surface area contributed by atoms with Crippen LogP contribution in [0.5, 0.6) is 0 Å². The molecule has 1 saturated heterocycles. The van der Waals surface area contributed by atoms with Gasteiger partial charge < -0.3 is 10.7 Å². The first-order valence-electron chi connectivity index (χ1n) is 6.76. The number of aromatic nitrogens is 1. The maximum atomic E-state index is 12.2. The lowest BCUT2D eigenvalue weighted by Gasteiger charge is -2.24. The fourth-order valence-electron chi connectivity index (χ4n) is 2.37. The Bertz CT molecular complexity index is 476. The van der Waals surface area contributed by atoms with E-state index < -0.39 is 0 Å². The van der Waals surface area contributed by atoms with Crippen LogP contribution in [0.4, 0.5) is 5.82 Å². The van der Waals surface area contributed by atoms with Crippen LogP contribution in [0.25, 0.3) is 0 Å². The Morgan fingerprint density at radius 1 is 1.55 bits per heavy atom. The molecule has 1 aliphatic heterocycles. The molecule has 1 atom stereocenters. The molecule has 0 spiro atoms. The third-order valence-corrected chi connectivity index (χ3v) is 3.99. The second kappa shape index (κ2) is 7.01. The van der Waals surface area contributed by atoms with E-state index in [0.29, 0.717) is 24.0 Å². The number of hydrogen-bond acceptors (Lipinski definition) is 5.